The average Bonchev–Trinajstić information content (AvgIpc) is 3.43. The minimum atomic E-state index is 0.431. The van der Waals surface area contributed by atoms with E-state index in [1.54, 1.807) is 6.33 Å². The first-order valence-electron chi connectivity index (χ1n) is 9.05. The van der Waals surface area contributed by atoms with Gasteiger partial charge < -0.3 is 0 Å². The first-order chi connectivity index (χ1) is 12.4. The molecule has 0 spiro atoms. The first kappa shape index (κ1) is 14.9. The van der Waals surface area contributed by atoms with E-state index in [4.69, 9.17) is 5.10 Å². The van der Waals surface area contributed by atoms with Gasteiger partial charge in [-0.2, -0.15) is 9.61 Å². The van der Waals surface area contributed by atoms with E-state index in [-0.39, 0.29) is 0 Å². The van der Waals surface area contributed by atoms with Crippen LogP contribution in [0.25, 0.3) is 5.65 Å². The number of rotatable bonds is 4. The van der Waals surface area contributed by atoms with Gasteiger partial charge in [0.2, 0.25) is 0 Å². The summed E-state index contributed by atoms with van der Waals surface area (Å²) in [6, 6.07) is 4.16. The van der Waals surface area contributed by atoms with E-state index in [1.165, 1.54) is 24.1 Å². The van der Waals surface area contributed by atoms with Crippen LogP contribution in [0.1, 0.15) is 54.6 Å². The lowest BCUT2D eigenvalue weighted by molar-refractivity contribution is 0.200. The van der Waals surface area contributed by atoms with Crippen molar-refractivity contribution in [2.45, 2.75) is 44.1 Å². The molecule has 1 aliphatic heterocycles. The monoisotopic (exact) mass is 335 g/mol. The van der Waals surface area contributed by atoms with E-state index in [2.05, 4.69) is 37.2 Å². The van der Waals surface area contributed by atoms with E-state index < -0.39 is 0 Å². The molecule has 4 heterocycles. The first-order valence-corrected chi connectivity index (χ1v) is 9.05. The van der Waals surface area contributed by atoms with Crippen LogP contribution in [0.3, 0.4) is 0 Å². The maximum Gasteiger partial charge on any atom is 0.177 e. The van der Waals surface area contributed by atoms with Gasteiger partial charge in [0, 0.05) is 36.3 Å². The van der Waals surface area contributed by atoms with Gasteiger partial charge in [0.05, 0.1) is 5.69 Å². The summed E-state index contributed by atoms with van der Waals surface area (Å²) >= 11 is 0. The van der Waals surface area contributed by atoms with Crippen molar-refractivity contribution in [3.63, 3.8) is 0 Å². The summed E-state index contributed by atoms with van der Waals surface area (Å²) in [5, 5.41) is 13.6. The highest BCUT2D eigenvalue weighted by atomic mass is 15.4. The molecule has 1 saturated carbocycles. The summed E-state index contributed by atoms with van der Waals surface area (Å²) in [6.07, 6.45) is 10.1. The summed E-state index contributed by atoms with van der Waals surface area (Å²) < 4.78 is 1.99. The van der Waals surface area contributed by atoms with Gasteiger partial charge in [-0.25, -0.2) is 9.97 Å². The number of hydrogen-bond acceptors (Lipinski definition) is 6. The van der Waals surface area contributed by atoms with Crippen LogP contribution in [0.4, 0.5) is 0 Å². The van der Waals surface area contributed by atoms with Crippen LogP contribution in [0, 0.1) is 0 Å². The van der Waals surface area contributed by atoms with Crippen molar-refractivity contribution < 1.29 is 0 Å². The Morgan fingerprint density at radius 2 is 1.72 bits per heavy atom. The Kier molecular flexibility index (Phi) is 3.66. The number of aromatic nitrogens is 6. The summed E-state index contributed by atoms with van der Waals surface area (Å²) in [5.41, 5.74) is 3.22. The smallest absolute Gasteiger partial charge is 0.177 e. The second-order valence-electron chi connectivity index (χ2n) is 7.16. The summed E-state index contributed by atoms with van der Waals surface area (Å²) in [7, 11) is 0. The normalized spacial score (nSPS) is 19.5. The number of likely N-dealkylation sites (tertiary alicyclic amines) is 1. The molecule has 0 amide bonds. The third kappa shape index (κ3) is 3.00. The molecule has 25 heavy (non-hydrogen) atoms. The maximum absolute atomic E-state index is 4.82. The minimum Gasteiger partial charge on any atom is -0.299 e. The molecular weight excluding hydrogens is 314 g/mol. The molecule has 3 aromatic heterocycles. The van der Waals surface area contributed by atoms with Crippen molar-refractivity contribution in [1.29, 1.82) is 0 Å². The van der Waals surface area contributed by atoms with Gasteiger partial charge in [-0.15, -0.1) is 10.2 Å². The quantitative estimate of drug-likeness (QED) is 0.728. The molecule has 7 nitrogen and oxygen atoms in total. The molecule has 0 atom stereocenters. The molecule has 2 aliphatic rings. The zero-order chi connectivity index (χ0) is 16.6. The third-order valence-electron chi connectivity index (χ3n) is 5.28. The van der Waals surface area contributed by atoms with E-state index in [1.807, 2.05) is 16.9 Å². The second-order valence-corrected chi connectivity index (χ2v) is 7.16. The molecule has 128 valence electrons. The lowest BCUT2D eigenvalue weighted by atomic mass is 9.96. The number of fused-ring (bicyclic) bond motifs is 1. The van der Waals surface area contributed by atoms with Crippen molar-refractivity contribution in [3.8, 4) is 0 Å². The van der Waals surface area contributed by atoms with E-state index in [9.17, 15) is 0 Å². The zero-order valence-electron chi connectivity index (χ0n) is 14.1. The van der Waals surface area contributed by atoms with Crippen LogP contribution in [0.15, 0.2) is 30.9 Å². The zero-order valence-corrected chi connectivity index (χ0v) is 14.1. The summed E-state index contributed by atoms with van der Waals surface area (Å²) in [6.45, 7) is 3.02. The van der Waals surface area contributed by atoms with Crippen LogP contribution in [0.2, 0.25) is 0 Å². The minimum absolute atomic E-state index is 0.431. The van der Waals surface area contributed by atoms with Gasteiger partial charge in [-0.1, -0.05) is 0 Å². The fourth-order valence-electron chi connectivity index (χ4n) is 3.69. The molecule has 2 fully saturated rings. The van der Waals surface area contributed by atoms with Gasteiger partial charge in [0.25, 0.3) is 0 Å². The Balaban J connectivity index is 1.30. The largest absolute Gasteiger partial charge is 0.299 e. The van der Waals surface area contributed by atoms with Crippen LogP contribution in [-0.4, -0.2) is 47.8 Å². The molecule has 0 radical (unpaired) electrons. The molecule has 5 rings (SSSR count). The molecule has 1 saturated heterocycles. The summed E-state index contributed by atoms with van der Waals surface area (Å²) in [4.78, 5) is 10.7. The Morgan fingerprint density at radius 3 is 2.48 bits per heavy atom. The second kappa shape index (κ2) is 6.15. The molecular formula is C18H21N7. The predicted octanol–water partition coefficient (Wildman–Crippen LogP) is 2.17. The van der Waals surface area contributed by atoms with Crippen LogP contribution < -0.4 is 0 Å². The van der Waals surface area contributed by atoms with Crippen molar-refractivity contribution >= 4 is 5.65 Å². The van der Waals surface area contributed by atoms with Crippen molar-refractivity contribution in [2.75, 3.05) is 13.1 Å². The molecule has 0 bridgehead atoms. The molecule has 1 aliphatic carbocycles. The molecule has 0 unspecified atom stereocenters. The Hall–Kier alpha value is -2.41. The van der Waals surface area contributed by atoms with Crippen molar-refractivity contribution in [2.24, 2.45) is 0 Å². The van der Waals surface area contributed by atoms with Crippen molar-refractivity contribution in [1.82, 2.24) is 34.7 Å². The molecule has 3 aromatic rings. The van der Waals surface area contributed by atoms with Gasteiger partial charge in [-0.05, 0) is 50.9 Å². The Morgan fingerprint density at radius 1 is 0.920 bits per heavy atom. The number of piperidine rings is 1. The van der Waals surface area contributed by atoms with Crippen LogP contribution in [-0.2, 0) is 6.54 Å². The Labute approximate surface area is 146 Å². The highest BCUT2D eigenvalue weighted by Gasteiger charge is 2.28. The van der Waals surface area contributed by atoms with Gasteiger partial charge in [-0.3, -0.25) is 4.90 Å². The lowest BCUT2D eigenvalue weighted by Crippen LogP contribution is -2.33. The van der Waals surface area contributed by atoms with Crippen LogP contribution >= 0.6 is 0 Å². The van der Waals surface area contributed by atoms with E-state index in [0.717, 1.165) is 43.9 Å². The average molecular weight is 335 g/mol. The SMILES string of the molecule is c1ncc(CN2CCC(c3nnc4ccc(C5CC5)nn34)CC2)cn1. The highest BCUT2D eigenvalue weighted by Crippen LogP contribution is 2.39. The number of hydrogen-bond donors (Lipinski definition) is 0. The molecule has 0 N–H and O–H groups in total. The fraction of sp³-hybridized carbons (Fsp3) is 0.500. The maximum atomic E-state index is 4.82. The third-order valence-corrected chi connectivity index (χ3v) is 5.28. The van der Waals surface area contributed by atoms with E-state index in [0.29, 0.717) is 11.8 Å². The van der Waals surface area contributed by atoms with Gasteiger partial charge in [0.15, 0.2) is 11.5 Å². The summed E-state index contributed by atoms with van der Waals surface area (Å²) in [5.74, 6) is 2.11. The van der Waals surface area contributed by atoms with E-state index >= 15 is 0 Å². The predicted molar refractivity (Wildman–Crippen MR) is 92.0 cm³/mol. The molecule has 0 aromatic carbocycles. The fourth-order valence-corrected chi connectivity index (χ4v) is 3.69. The van der Waals surface area contributed by atoms with Crippen LogP contribution in [0.5, 0.6) is 0 Å². The molecule has 7 heteroatoms. The Bertz CT molecular complexity index is 864. The van der Waals surface area contributed by atoms with Gasteiger partial charge >= 0.3 is 0 Å². The topological polar surface area (TPSA) is 72.1 Å². The van der Waals surface area contributed by atoms with Gasteiger partial charge in [0.1, 0.15) is 6.33 Å². The highest BCUT2D eigenvalue weighted by molar-refractivity contribution is 5.38. The standard InChI is InChI=1S/C18H21N7/c1-2-14(1)16-3-4-17-21-22-18(25(17)23-16)15-5-7-24(8-6-15)11-13-9-19-12-20-10-13/h3-4,9-10,12,14-15H,1-2,5-8,11H2. The lowest BCUT2D eigenvalue weighted by Gasteiger charge is -2.30. The van der Waals surface area contributed by atoms with Crippen molar-refractivity contribution in [3.05, 3.63) is 47.9 Å². The number of nitrogens with zero attached hydrogens (tertiary/aromatic N) is 7.